The summed E-state index contributed by atoms with van der Waals surface area (Å²) in [5.74, 6) is -1.09. The number of halogens is 3. The molecule has 0 unspecified atom stereocenters. The van der Waals surface area contributed by atoms with Gasteiger partial charge in [0.25, 0.3) is 5.56 Å². The summed E-state index contributed by atoms with van der Waals surface area (Å²) in [6, 6.07) is 11.3. The number of hydrogen-bond donors (Lipinski definition) is 1. The van der Waals surface area contributed by atoms with Crippen LogP contribution in [0.2, 0.25) is 5.02 Å². The lowest BCUT2D eigenvalue weighted by Gasteiger charge is -2.14. The van der Waals surface area contributed by atoms with E-state index in [-0.39, 0.29) is 12.2 Å². The van der Waals surface area contributed by atoms with Crippen molar-refractivity contribution in [2.45, 2.75) is 13.5 Å². The fourth-order valence-electron chi connectivity index (χ4n) is 2.71. The molecule has 0 radical (unpaired) electrons. The van der Waals surface area contributed by atoms with Gasteiger partial charge >= 0.3 is 0 Å². The van der Waals surface area contributed by atoms with E-state index in [1.807, 2.05) is 6.07 Å². The maximum Gasteiger partial charge on any atom is 0.266 e. The zero-order valence-corrected chi connectivity index (χ0v) is 14.9. The molecule has 7 heteroatoms. The molecule has 0 fully saturated rings. The maximum absolute atomic E-state index is 13.4. The average Bonchev–Trinajstić information content (AvgIpc) is 2.59. The highest BCUT2D eigenvalue weighted by molar-refractivity contribution is 6.31. The molecule has 1 aromatic heterocycles. The van der Waals surface area contributed by atoms with Crippen LogP contribution in [0.25, 0.3) is 11.1 Å². The summed E-state index contributed by atoms with van der Waals surface area (Å²) in [6.45, 7) is 1.58. The summed E-state index contributed by atoms with van der Waals surface area (Å²) in [4.78, 5) is 14.6. The molecule has 4 nitrogen and oxygen atoms in total. The summed E-state index contributed by atoms with van der Waals surface area (Å²) in [5.41, 5.74) is 1.06. The lowest BCUT2D eigenvalue weighted by molar-refractivity contribution is 0.306. The predicted octanol–water partition coefficient (Wildman–Crippen LogP) is 4.73. The van der Waals surface area contributed by atoms with Gasteiger partial charge in [0.15, 0.2) is 0 Å². The first-order valence-electron chi connectivity index (χ1n) is 7.89. The molecule has 27 heavy (non-hydrogen) atoms. The highest BCUT2D eigenvalue weighted by atomic mass is 35.5. The number of rotatable bonds is 4. The fraction of sp³-hybridized carbons (Fsp3) is 0.100. The second-order valence-corrected chi connectivity index (χ2v) is 6.33. The Hall–Kier alpha value is -3.17. The van der Waals surface area contributed by atoms with E-state index in [0.717, 1.165) is 18.2 Å². The molecule has 0 aliphatic carbocycles. The third-order valence-corrected chi connectivity index (χ3v) is 4.06. The van der Waals surface area contributed by atoms with Crippen LogP contribution in [-0.2, 0) is 6.61 Å². The van der Waals surface area contributed by atoms with Crippen molar-refractivity contribution in [3.05, 3.63) is 86.3 Å². The molecule has 0 spiro atoms. The number of nitrogens with one attached hydrogen (secondary N) is 1. The quantitative estimate of drug-likeness (QED) is 0.704. The first-order valence-corrected chi connectivity index (χ1v) is 8.27. The number of H-pyrrole nitrogens is 1. The van der Waals surface area contributed by atoms with Crippen LogP contribution in [-0.4, -0.2) is 4.98 Å². The van der Waals surface area contributed by atoms with Crippen LogP contribution >= 0.6 is 11.6 Å². The van der Waals surface area contributed by atoms with Gasteiger partial charge in [-0.25, -0.2) is 8.78 Å². The van der Waals surface area contributed by atoms with Gasteiger partial charge in [0.2, 0.25) is 0 Å². The van der Waals surface area contributed by atoms with Crippen molar-refractivity contribution in [2.24, 2.45) is 0 Å². The van der Waals surface area contributed by atoms with Crippen LogP contribution in [0, 0.1) is 29.9 Å². The van der Waals surface area contributed by atoms with Crippen molar-refractivity contribution >= 4 is 11.6 Å². The van der Waals surface area contributed by atoms with Gasteiger partial charge in [-0.05, 0) is 48.9 Å². The van der Waals surface area contributed by atoms with Gasteiger partial charge in [0.05, 0.1) is 0 Å². The van der Waals surface area contributed by atoms with Crippen molar-refractivity contribution in [3.8, 4) is 22.9 Å². The number of nitriles is 1. The van der Waals surface area contributed by atoms with E-state index in [1.54, 1.807) is 31.2 Å². The Balaban J connectivity index is 2.05. The standard InChI is InChI=1S/C20H13ClF2N2O2/c1-11-4-16(18(9-24)20(26)25-11)17-7-13(21)2-3-19(17)27-10-12-5-14(22)8-15(23)6-12/h2-8H,10H2,1H3,(H,25,26). The fourth-order valence-corrected chi connectivity index (χ4v) is 2.88. The summed E-state index contributed by atoms with van der Waals surface area (Å²) in [7, 11) is 0. The highest BCUT2D eigenvalue weighted by Crippen LogP contribution is 2.34. The summed E-state index contributed by atoms with van der Waals surface area (Å²) in [6.07, 6.45) is 0. The van der Waals surface area contributed by atoms with Gasteiger partial charge in [-0.1, -0.05) is 11.6 Å². The molecule has 2 aromatic carbocycles. The molecule has 0 saturated carbocycles. The maximum atomic E-state index is 13.4. The van der Waals surface area contributed by atoms with Crippen LogP contribution in [0.5, 0.6) is 5.75 Å². The monoisotopic (exact) mass is 386 g/mol. The van der Waals surface area contributed by atoms with E-state index < -0.39 is 17.2 Å². The van der Waals surface area contributed by atoms with E-state index in [0.29, 0.717) is 33.2 Å². The molecule has 0 atom stereocenters. The van der Waals surface area contributed by atoms with Gasteiger partial charge in [-0.2, -0.15) is 5.26 Å². The predicted molar refractivity (Wildman–Crippen MR) is 97.7 cm³/mol. The number of benzene rings is 2. The van der Waals surface area contributed by atoms with E-state index >= 15 is 0 Å². The first-order chi connectivity index (χ1) is 12.9. The Kier molecular flexibility index (Phi) is 5.24. The van der Waals surface area contributed by atoms with Crippen molar-refractivity contribution < 1.29 is 13.5 Å². The van der Waals surface area contributed by atoms with Crippen molar-refractivity contribution in [1.82, 2.24) is 4.98 Å². The van der Waals surface area contributed by atoms with Gasteiger partial charge < -0.3 is 9.72 Å². The van der Waals surface area contributed by atoms with Gasteiger partial charge in [-0.15, -0.1) is 0 Å². The summed E-state index contributed by atoms with van der Waals surface area (Å²) >= 11 is 6.08. The molecular formula is C20H13ClF2N2O2. The minimum absolute atomic E-state index is 0.0792. The molecule has 1 heterocycles. The number of aromatic amines is 1. The Morgan fingerprint density at radius 3 is 2.48 bits per heavy atom. The van der Waals surface area contributed by atoms with Crippen molar-refractivity contribution in [3.63, 3.8) is 0 Å². The van der Waals surface area contributed by atoms with Crippen LogP contribution in [0.3, 0.4) is 0 Å². The lowest BCUT2D eigenvalue weighted by Crippen LogP contribution is -2.13. The van der Waals surface area contributed by atoms with E-state index in [4.69, 9.17) is 16.3 Å². The van der Waals surface area contributed by atoms with Crippen molar-refractivity contribution in [2.75, 3.05) is 0 Å². The highest BCUT2D eigenvalue weighted by Gasteiger charge is 2.15. The zero-order chi connectivity index (χ0) is 19.6. The number of hydrogen-bond acceptors (Lipinski definition) is 3. The largest absolute Gasteiger partial charge is 0.488 e. The minimum Gasteiger partial charge on any atom is -0.488 e. The Morgan fingerprint density at radius 2 is 1.81 bits per heavy atom. The van der Waals surface area contributed by atoms with Crippen LogP contribution in [0.4, 0.5) is 8.78 Å². The Labute approximate surface area is 158 Å². The number of nitrogens with zero attached hydrogens (tertiary/aromatic N) is 1. The molecule has 3 rings (SSSR count). The molecule has 3 aromatic rings. The van der Waals surface area contributed by atoms with Gasteiger partial charge in [0.1, 0.15) is 35.6 Å². The molecule has 0 aliphatic heterocycles. The lowest BCUT2D eigenvalue weighted by atomic mass is 10.00. The third-order valence-electron chi connectivity index (χ3n) is 3.83. The van der Waals surface area contributed by atoms with Gasteiger partial charge in [-0.3, -0.25) is 4.79 Å². The summed E-state index contributed by atoms with van der Waals surface area (Å²) in [5, 5.41) is 9.74. The topological polar surface area (TPSA) is 65.9 Å². The molecule has 0 amide bonds. The van der Waals surface area contributed by atoms with Gasteiger partial charge in [0, 0.05) is 27.9 Å². The number of aryl methyl sites for hydroxylation is 1. The molecule has 0 aliphatic rings. The molecule has 136 valence electrons. The molecule has 0 bridgehead atoms. The number of aromatic nitrogens is 1. The third kappa shape index (κ3) is 4.15. The smallest absolute Gasteiger partial charge is 0.266 e. The zero-order valence-electron chi connectivity index (χ0n) is 14.1. The molecule has 0 saturated heterocycles. The SMILES string of the molecule is Cc1cc(-c2cc(Cl)ccc2OCc2cc(F)cc(F)c2)c(C#N)c(=O)[nH]1. The number of pyridine rings is 1. The minimum atomic E-state index is -0.707. The van der Waals surface area contributed by atoms with Crippen LogP contribution < -0.4 is 10.3 Å². The second-order valence-electron chi connectivity index (χ2n) is 5.89. The molecule has 1 N–H and O–H groups in total. The normalized spacial score (nSPS) is 10.5. The first kappa shape index (κ1) is 18.6. The van der Waals surface area contributed by atoms with E-state index in [9.17, 15) is 18.8 Å². The van der Waals surface area contributed by atoms with E-state index in [2.05, 4.69) is 4.98 Å². The van der Waals surface area contributed by atoms with E-state index in [1.165, 1.54) is 0 Å². The Morgan fingerprint density at radius 1 is 1.11 bits per heavy atom. The van der Waals surface area contributed by atoms with Crippen molar-refractivity contribution in [1.29, 1.82) is 5.26 Å². The number of ether oxygens (including phenoxy) is 1. The summed E-state index contributed by atoms with van der Waals surface area (Å²) < 4.78 is 32.4. The second kappa shape index (κ2) is 7.60. The Bertz CT molecular complexity index is 1100. The van der Waals surface area contributed by atoms with Crippen LogP contribution in [0.1, 0.15) is 16.8 Å². The average molecular weight is 387 g/mol. The molecular weight excluding hydrogens is 374 g/mol. The van der Waals surface area contributed by atoms with Crippen LogP contribution in [0.15, 0.2) is 47.3 Å².